The van der Waals surface area contributed by atoms with Crippen LogP contribution in [0.5, 0.6) is 0 Å². The smallest absolute Gasteiger partial charge is 0.338 e. The molecule has 0 rings (SSSR count). The van der Waals surface area contributed by atoms with Crippen molar-refractivity contribution < 1.29 is 18.0 Å². The van der Waals surface area contributed by atoms with E-state index in [4.69, 9.17) is 0 Å². The van der Waals surface area contributed by atoms with Gasteiger partial charge in [-0.05, 0) is 26.4 Å². The Morgan fingerprint density at radius 2 is 1.75 bits per heavy atom. The van der Waals surface area contributed by atoms with Crippen LogP contribution in [0.1, 0.15) is 25.7 Å². The zero-order chi connectivity index (χ0) is 12.6. The molecule has 0 radical (unpaired) electrons. The Labute approximate surface area is 94.0 Å². The highest BCUT2D eigenvalue weighted by Crippen LogP contribution is 2.17. The highest BCUT2D eigenvalue weighted by atomic mass is 19.4. The van der Waals surface area contributed by atoms with Crippen LogP contribution < -0.4 is 5.32 Å². The van der Waals surface area contributed by atoms with Gasteiger partial charge in [-0.1, -0.05) is 12.8 Å². The van der Waals surface area contributed by atoms with Gasteiger partial charge >= 0.3 is 12.1 Å². The van der Waals surface area contributed by atoms with E-state index in [1.807, 2.05) is 7.05 Å². The SMILES string of the molecule is CNCCCCCCN(C)C(=O)C(F)(F)F. The molecule has 0 aliphatic rings. The standard InChI is InChI=1S/C10H19F3N2O/c1-14-7-5-3-4-6-8-15(2)9(16)10(11,12)13/h14H,3-8H2,1-2H3. The number of alkyl halides is 3. The van der Waals surface area contributed by atoms with E-state index in [1.165, 1.54) is 7.05 Å². The zero-order valence-electron chi connectivity index (χ0n) is 9.73. The van der Waals surface area contributed by atoms with E-state index in [0.29, 0.717) is 6.42 Å². The summed E-state index contributed by atoms with van der Waals surface area (Å²) in [6.45, 7) is 1.08. The number of unbranched alkanes of at least 4 members (excludes halogenated alkanes) is 3. The van der Waals surface area contributed by atoms with E-state index in [-0.39, 0.29) is 6.54 Å². The van der Waals surface area contributed by atoms with Gasteiger partial charge in [0, 0.05) is 13.6 Å². The lowest BCUT2D eigenvalue weighted by Gasteiger charge is -2.18. The van der Waals surface area contributed by atoms with Gasteiger partial charge in [0.15, 0.2) is 0 Å². The minimum absolute atomic E-state index is 0.165. The Kier molecular flexibility index (Phi) is 7.12. The summed E-state index contributed by atoms with van der Waals surface area (Å²) >= 11 is 0. The van der Waals surface area contributed by atoms with Crippen molar-refractivity contribution >= 4 is 5.91 Å². The van der Waals surface area contributed by atoms with Crippen molar-refractivity contribution in [3.8, 4) is 0 Å². The van der Waals surface area contributed by atoms with Crippen LogP contribution in [0.15, 0.2) is 0 Å². The molecule has 3 nitrogen and oxygen atoms in total. The molecule has 0 aromatic carbocycles. The number of amides is 1. The molecule has 0 fully saturated rings. The number of carbonyl (C=O) groups is 1. The summed E-state index contributed by atoms with van der Waals surface area (Å²) in [5.41, 5.74) is 0. The summed E-state index contributed by atoms with van der Waals surface area (Å²) < 4.78 is 35.9. The number of nitrogens with one attached hydrogen (secondary N) is 1. The molecule has 16 heavy (non-hydrogen) atoms. The van der Waals surface area contributed by atoms with E-state index < -0.39 is 12.1 Å². The second-order valence-corrected chi connectivity index (χ2v) is 3.74. The maximum atomic E-state index is 12.0. The van der Waals surface area contributed by atoms with Crippen LogP contribution in [0.25, 0.3) is 0 Å². The first-order chi connectivity index (χ1) is 7.39. The molecule has 0 aromatic heterocycles. The van der Waals surface area contributed by atoms with Gasteiger partial charge in [0.05, 0.1) is 0 Å². The molecule has 6 heteroatoms. The third-order valence-electron chi connectivity index (χ3n) is 2.26. The lowest BCUT2D eigenvalue weighted by Crippen LogP contribution is -2.38. The second-order valence-electron chi connectivity index (χ2n) is 3.74. The average Bonchev–Trinajstić information content (AvgIpc) is 2.20. The lowest BCUT2D eigenvalue weighted by atomic mass is 10.2. The molecule has 0 atom stereocenters. The Hall–Kier alpha value is -0.780. The van der Waals surface area contributed by atoms with E-state index in [9.17, 15) is 18.0 Å². The molecule has 1 amide bonds. The van der Waals surface area contributed by atoms with Crippen LogP contribution >= 0.6 is 0 Å². The molecule has 0 saturated heterocycles. The van der Waals surface area contributed by atoms with Crippen molar-refractivity contribution in [2.24, 2.45) is 0 Å². The van der Waals surface area contributed by atoms with Crippen molar-refractivity contribution in [1.29, 1.82) is 0 Å². The molecule has 0 unspecified atom stereocenters. The second kappa shape index (κ2) is 7.49. The maximum absolute atomic E-state index is 12.0. The number of carbonyl (C=O) groups excluding carboxylic acids is 1. The highest BCUT2D eigenvalue weighted by Gasteiger charge is 2.40. The topological polar surface area (TPSA) is 32.3 Å². The number of halogens is 3. The molecule has 0 heterocycles. The summed E-state index contributed by atoms with van der Waals surface area (Å²) in [7, 11) is 3.04. The molecule has 96 valence electrons. The van der Waals surface area contributed by atoms with Gasteiger partial charge in [0.1, 0.15) is 0 Å². The Bertz CT molecular complexity index is 207. The van der Waals surface area contributed by atoms with E-state index in [1.54, 1.807) is 0 Å². The fourth-order valence-electron chi connectivity index (χ4n) is 1.32. The monoisotopic (exact) mass is 240 g/mol. The fraction of sp³-hybridized carbons (Fsp3) is 0.900. The zero-order valence-corrected chi connectivity index (χ0v) is 9.73. The average molecular weight is 240 g/mol. The van der Waals surface area contributed by atoms with Crippen LogP contribution in [-0.4, -0.2) is 44.2 Å². The van der Waals surface area contributed by atoms with Crippen LogP contribution in [0.3, 0.4) is 0 Å². The van der Waals surface area contributed by atoms with Gasteiger partial charge in [-0.3, -0.25) is 4.79 Å². The molecule has 0 aromatic rings. The number of hydrogen-bond acceptors (Lipinski definition) is 2. The van der Waals surface area contributed by atoms with E-state index >= 15 is 0 Å². The number of nitrogens with zero attached hydrogens (tertiary/aromatic N) is 1. The van der Waals surface area contributed by atoms with Gasteiger partial charge in [-0.25, -0.2) is 0 Å². The third-order valence-corrected chi connectivity index (χ3v) is 2.26. The van der Waals surface area contributed by atoms with Crippen LogP contribution in [-0.2, 0) is 4.79 Å². The summed E-state index contributed by atoms with van der Waals surface area (Å²) in [5, 5.41) is 2.99. The molecule has 0 aliphatic carbocycles. The number of rotatable bonds is 7. The van der Waals surface area contributed by atoms with Crippen LogP contribution in [0, 0.1) is 0 Å². The van der Waals surface area contributed by atoms with Crippen molar-refractivity contribution in [3.63, 3.8) is 0 Å². The molecular weight excluding hydrogens is 221 g/mol. The summed E-state index contributed by atoms with van der Waals surface area (Å²) in [4.78, 5) is 11.5. The van der Waals surface area contributed by atoms with Crippen molar-refractivity contribution in [3.05, 3.63) is 0 Å². The summed E-state index contributed by atoms with van der Waals surface area (Å²) in [5.74, 6) is -1.76. The molecular formula is C10H19F3N2O. The van der Waals surface area contributed by atoms with Crippen molar-refractivity contribution in [2.75, 3.05) is 27.2 Å². The Balaban J connectivity index is 3.58. The Morgan fingerprint density at radius 1 is 1.19 bits per heavy atom. The molecule has 1 N–H and O–H groups in total. The first-order valence-electron chi connectivity index (χ1n) is 5.36. The maximum Gasteiger partial charge on any atom is 0.471 e. The predicted molar refractivity (Wildman–Crippen MR) is 56.1 cm³/mol. The van der Waals surface area contributed by atoms with Gasteiger partial charge in [-0.2, -0.15) is 13.2 Å². The van der Waals surface area contributed by atoms with Crippen molar-refractivity contribution in [1.82, 2.24) is 10.2 Å². The molecule has 0 saturated carbocycles. The van der Waals surface area contributed by atoms with E-state index in [0.717, 1.165) is 30.7 Å². The van der Waals surface area contributed by atoms with Crippen LogP contribution in [0.2, 0.25) is 0 Å². The molecule has 0 spiro atoms. The summed E-state index contributed by atoms with van der Waals surface area (Å²) in [6, 6.07) is 0. The normalized spacial score (nSPS) is 11.6. The minimum Gasteiger partial charge on any atom is -0.338 e. The fourth-order valence-corrected chi connectivity index (χ4v) is 1.32. The van der Waals surface area contributed by atoms with Gasteiger partial charge in [-0.15, -0.1) is 0 Å². The molecule has 0 bridgehead atoms. The van der Waals surface area contributed by atoms with Crippen LogP contribution in [0.4, 0.5) is 13.2 Å². The first-order valence-corrected chi connectivity index (χ1v) is 5.36. The largest absolute Gasteiger partial charge is 0.471 e. The van der Waals surface area contributed by atoms with E-state index in [2.05, 4.69) is 5.32 Å². The minimum atomic E-state index is -4.75. The van der Waals surface area contributed by atoms with Crippen molar-refractivity contribution in [2.45, 2.75) is 31.9 Å². The quantitative estimate of drug-likeness (QED) is 0.688. The van der Waals surface area contributed by atoms with Gasteiger partial charge < -0.3 is 10.2 Å². The Morgan fingerprint density at radius 3 is 2.25 bits per heavy atom. The third kappa shape index (κ3) is 6.66. The number of hydrogen-bond donors (Lipinski definition) is 1. The highest BCUT2D eigenvalue weighted by molar-refractivity contribution is 5.81. The first kappa shape index (κ1) is 15.2. The van der Waals surface area contributed by atoms with Gasteiger partial charge in [0.25, 0.3) is 0 Å². The lowest BCUT2D eigenvalue weighted by molar-refractivity contribution is -0.184. The molecule has 0 aliphatic heterocycles. The predicted octanol–water partition coefficient (Wildman–Crippen LogP) is 1.79. The van der Waals surface area contributed by atoms with Gasteiger partial charge in [0.2, 0.25) is 0 Å². The summed E-state index contributed by atoms with van der Waals surface area (Å²) in [6.07, 6.45) is -1.32.